The number of fused-ring (bicyclic) bond motifs is 1. The van der Waals surface area contributed by atoms with E-state index in [4.69, 9.17) is 11.6 Å². The van der Waals surface area contributed by atoms with E-state index in [1.165, 1.54) is 12.0 Å². The van der Waals surface area contributed by atoms with Crippen molar-refractivity contribution in [3.63, 3.8) is 0 Å². The molecule has 2 aliphatic rings. The lowest BCUT2D eigenvalue weighted by Gasteiger charge is -2.32. The van der Waals surface area contributed by atoms with Crippen LogP contribution in [0, 0.1) is 11.8 Å². The lowest BCUT2D eigenvalue weighted by Crippen LogP contribution is -2.43. The maximum Gasteiger partial charge on any atom is 0.230 e. The molecule has 1 saturated carbocycles. The Labute approximate surface area is 179 Å². The molecule has 1 aliphatic carbocycles. The predicted octanol–water partition coefficient (Wildman–Crippen LogP) is 5.20. The van der Waals surface area contributed by atoms with E-state index in [9.17, 15) is 4.79 Å². The van der Waals surface area contributed by atoms with E-state index in [1.54, 1.807) is 0 Å². The Balaban J connectivity index is 1.42. The normalized spacial score (nSPS) is 25.0. The average molecular weight is 411 g/mol. The predicted molar refractivity (Wildman–Crippen MR) is 119 cm³/mol. The highest BCUT2D eigenvalue weighted by molar-refractivity contribution is 6.30. The molecule has 29 heavy (non-hydrogen) atoms. The van der Waals surface area contributed by atoms with Gasteiger partial charge < -0.3 is 4.90 Å². The average Bonchev–Trinajstić information content (AvgIpc) is 3.30. The van der Waals surface area contributed by atoms with E-state index < -0.39 is 0 Å². The summed E-state index contributed by atoms with van der Waals surface area (Å²) in [6.07, 6.45) is 3.18. The SMILES string of the molecule is CCC(C(=O)N(C)[C@H]1CC[C@@H]2CN(Cc3ccccc3)C[C@@H]21)c1ccc(Cl)cc1. The molecule has 4 atom stereocenters. The molecule has 1 aliphatic heterocycles. The maximum atomic E-state index is 13.4. The summed E-state index contributed by atoms with van der Waals surface area (Å²) >= 11 is 6.04. The fraction of sp³-hybridized carbons (Fsp3) is 0.480. The van der Waals surface area contributed by atoms with Crippen LogP contribution in [-0.4, -0.2) is 41.9 Å². The Morgan fingerprint density at radius 2 is 1.83 bits per heavy atom. The number of hydrogen-bond donors (Lipinski definition) is 0. The molecule has 0 radical (unpaired) electrons. The molecule has 4 rings (SSSR count). The molecule has 1 unspecified atom stereocenters. The summed E-state index contributed by atoms with van der Waals surface area (Å²) in [5.74, 6) is 1.48. The Hall–Kier alpha value is -1.84. The van der Waals surface area contributed by atoms with Crippen molar-refractivity contribution in [2.45, 2.75) is 44.7 Å². The van der Waals surface area contributed by atoms with Gasteiger partial charge in [0, 0.05) is 37.7 Å². The van der Waals surface area contributed by atoms with Crippen molar-refractivity contribution in [1.82, 2.24) is 9.80 Å². The van der Waals surface area contributed by atoms with Gasteiger partial charge in [-0.25, -0.2) is 0 Å². The first-order valence-electron chi connectivity index (χ1n) is 10.8. The van der Waals surface area contributed by atoms with Gasteiger partial charge in [0.15, 0.2) is 0 Å². The van der Waals surface area contributed by atoms with Crippen LogP contribution in [0.4, 0.5) is 0 Å². The van der Waals surface area contributed by atoms with Crippen molar-refractivity contribution >= 4 is 17.5 Å². The van der Waals surface area contributed by atoms with E-state index in [-0.39, 0.29) is 11.8 Å². The zero-order valence-corrected chi connectivity index (χ0v) is 18.2. The molecule has 0 bridgehead atoms. The number of likely N-dealkylation sites (tertiary alicyclic amines) is 1. The lowest BCUT2D eigenvalue weighted by molar-refractivity contribution is -0.134. The quantitative estimate of drug-likeness (QED) is 0.653. The monoisotopic (exact) mass is 410 g/mol. The highest BCUT2D eigenvalue weighted by Crippen LogP contribution is 2.41. The Bertz CT molecular complexity index is 822. The van der Waals surface area contributed by atoms with Crippen molar-refractivity contribution in [2.24, 2.45) is 11.8 Å². The number of hydrogen-bond acceptors (Lipinski definition) is 2. The van der Waals surface area contributed by atoms with Crippen molar-refractivity contribution in [3.8, 4) is 0 Å². The van der Waals surface area contributed by atoms with Crippen LogP contribution in [-0.2, 0) is 11.3 Å². The molecule has 1 heterocycles. The van der Waals surface area contributed by atoms with Gasteiger partial charge in [-0.2, -0.15) is 0 Å². The lowest BCUT2D eigenvalue weighted by atomic mass is 9.92. The third kappa shape index (κ3) is 4.36. The maximum absolute atomic E-state index is 13.4. The fourth-order valence-corrected chi connectivity index (χ4v) is 5.56. The van der Waals surface area contributed by atoms with E-state index in [1.807, 2.05) is 31.3 Å². The number of carbonyl (C=O) groups excluding carboxylic acids is 1. The number of rotatable bonds is 6. The molecular formula is C25H31ClN2O. The van der Waals surface area contributed by atoms with Crippen LogP contribution >= 0.6 is 11.6 Å². The van der Waals surface area contributed by atoms with Gasteiger partial charge in [-0.05, 0) is 54.4 Å². The summed E-state index contributed by atoms with van der Waals surface area (Å²) in [6, 6.07) is 18.8. The minimum Gasteiger partial charge on any atom is -0.342 e. The van der Waals surface area contributed by atoms with Crippen LogP contribution in [0.5, 0.6) is 0 Å². The second kappa shape index (κ2) is 8.89. The van der Waals surface area contributed by atoms with Crippen molar-refractivity contribution < 1.29 is 4.79 Å². The Morgan fingerprint density at radius 3 is 2.52 bits per heavy atom. The number of halogens is 1. The molecular weight excluding hydrogens is 380 g/mol. The van der Waals surface area contributed by atoms with Crippen LogP contribution < -0.4 is 0 Å². The van der Waals surface area contributed by atoms with E-state index in [2.05, 4.69) is 47.1 Å². The van der Waals surface area contributed by atoms with Crippen LogP contribution in [0.1, 0.15) is 43.2 Å². The largest absolute Gasteiger partial charge is 0.342 e. The first-order valence-corrected chi connectivity index (χ1v) is 11.2. The van der Waals surface area contributed by atoms with E-state index in [0.29, 0.717) is 17.0 Å². The highest BCUT2D eigenvalue weighted by Gasteiger charge is 2.45. The molecule has 3 nitrogen and oxygen atoms in total. The van der Waals surface area contributed by atoms with Crippen LogP contribution in [0.2, 0.25) is 5.02 Å². The smallest absolute Gasteiger partial charge is 0.230 e. The van der Waals surface area contributed by atoms with Gasteiger partial charge in [0.1, 0.15) is 0 Å². The first kappa shape index (κ1) is 20.4. The molecule has 0 N–H and O–H groups in total. The summed E-state index contributed by atoms with van der Waals surface area (Å²) in [4.78, 5) is 18.0. The van der Waals surface area contributed by atoms with Crippen molar-refractivity contribution in [1.29, 1.82) is 0 Å². The molecule has 1 amide bonds. The van der Waals surface area contributed by atoms with Crippen LogP contribution in [0.25, 0.3) is 0 Å². The summed E-state index contributed by atoms with van der Waals surface area (Å²) in [7, 11) is 2.02. The van der Waals surface area contributed by atoms with Crippen molar-refractivity contribution in [2.75, 3.05) is 20.1 Å². The van der Waals surface area contributed by atoms with Gasteiger partial charge in [0.25, 0.3) is 0 Å². The van der Waals surface area contributed by atoms with Gasteiger partial charge >= 0.3 is 0 Å². The van der Waals surface area contributed by atoms with Crippen molar-refractivity contribution in [3.05, 3.63) is 70.7 Å². The third-order valence-electron chi connectivity index (χ3n) is 6.97. The molecule has 2 aromatic rings. The van der Waals surface area contributed by atoms with Gasteiger partial charge in [-0.15, -0.1) is 0 Å². The second-order valence-corrected chi connectivity index (χ2v) is 9.15. The van der Waals surface area contributed by atoms with Crippen LogP contribution in [0.15, 0.2) is 54.6 Å². The Morgan fingerprint density at radius 1 is 1.10 bits per heavy atom. The minimum atomic E-state index is -0.0851. The number of carbonyl (C=O) groups is 1. The second-order valence-electron chi connectivity index (χ2n) is 8.71. The first-order chi connectivity index (χ1) is 14.1. The summed E-state index contributed by atoms with van der Waals surface area (Å²) in [5, 5.41) is 0.715. The molecule has 2 aromatic carbocycles. The number of nitrogens with zero attached hydrogens (tertiary/aromatic N) is 2. The molecule has 0 aromatic heterocycles. The van der Waals surface area contributed by atoms with E-state index in [0.717, 1.165) is 44.0 Å². The fourth-order valence-electron chi connectivity index (χ4n) is 5.44. The molecule has 1 saturated heterocycles. The molecule has 2 fully saturated rings. The molecule has 0 spiro atoms. The topological polar surface area (TPSA) is 23.6 Å². The number of likely N-dealkylation sites (N-methyl/N-ethyl adjacent to an activating group) is 1. The molecule has 154 valence electrons. The highest BCUT2D eigenvalue weighted by atomic mass is 35.5. The molecule has 4 heteroatoms. The zero-order valence-electron chi connectivity index (χ0n) is 17.4. The summed E-state index contributed by atoms with van der Waals surface area (Å²) in [5.41, 5.74) is 2.45. The Kier molecular flexibility index (Phi) is 6.26. The van der Waals surface area contributed by atoms with Gasteiger partial charge in [0.2, 0.25) is 5.91 Å². The zero-order chi connectivity index (χ0) is 20.4. The number of amides is 1. The standard InChI is InChI=1S/C25H31ClN2O/c1-3-22(19-9-12-21(26)13-10-19)25(29)27(2)24-14-11-20-16-28(17-23(20)24)15-18-7-5-4-6-8-18/h4-10,12-13,20,22-24H,3,11,14-17H2,1-2H3/t20-,22?,23+,24+/m1/s1. The van der Waals surface area contributed by atoms with Crippen LogP contribution in [0.3, 0.4) is 0 Å². The number of benzene rings is 2. The minimum absolute atomic E-state index is 0.0851. The van der Waals surface area contributed by atoms with Gasteiger partial charge in [0.05, 0.1) is 5.92 Å². The van der Waals surface area contributed by atoms with E-state index >= 15 is 0 Å². The van der Waals surface area contributed by atoms with Gasteiger partial charge in [-0.3, -0.25) is 9.69 Å². The van der Waals surface area contributed by atoms with Gasteiger partial charge in [-0.1, -0.05) is 61.0 Å². The summed E-state index contributed by atoms with van der Waals surface area (Å²) in [6.45, 7) is 5.37. The summed E-state index contributed by atoms with van der Waals surface area (Å²) < 4.78 is 0. The third-order valence-corrected chi connectivity index (χ3v) is 7.22.